The lowest BCUT2D eigenvalue weighted by atomic mass is 10.1. The van der Waals surface area contributed by atoms with Crippen LogP contribution in [0.25, 0.3) is 0 Å². The van der Waals surface area contributed by atoms with Gasteiger partial charge < -0.3 is 19.9 Å². The van der Waals surface area contributed by atoms with Gasteiger partial charge in [-0.05, 0) is 57.0 Å². The second kappa shape index (κ2) is 12.4. The molecule has 0 radical (unpaired) electrons. The fourth-order valence-electron chi connectivity index (χ4n) is 3.55. The Morgan fingerprint density at radius 3 is 2.74 bits per heavy atom. The molecule has 0 aromatic heterocycles. The average Bonchev–Trinajstić information content (AvgIpc) is 3.08. The van der Waals surface area contributed by atoms with Crippen LogP contribution in [-0.2, 0) is 0 Å². The topological polar surface area (TPSA) is 40.1 Å². The molecule has 27 heavy (non-hydrogen) atoms. The molecule has 1 aromatic rings. The van der Waals surface area contributed by atoms with Crippen molar-refractivity contribution in [3.05, 3.63) is 29.8 Å². The van der Waals surface area contributed by atoms with Crippen LogP contribution in [0.1, 0.15) is 32.8 Å². The normalized spacial score (nSPS) is 18.4. The van der Waals surface area contributed by atoms with Crippen molar-refractivity contribution in [3.63, 3.8) is 0 Å². The summed E-state index contributed by atoms with van der Waals surface area (Å²) in [4.78, 5) is 9.38. The Bertz CT molecular complexity index is 577. The highest BCUT2D eigenvalue weighted by Crippen LogP contribution is 2.18. The molecule has 5 nitrogen and oxygen atoms in total. The van der Waals surface area contributed by atoms with E-state index in [0.29, 0.717) is 0 Å². The highest BCUT2D eigenvalue weighted by molar-refractivity contribution is 14.0. The monoisotopic (exact) mass is 488 g/mol. The summed E-state index contributed by atoms with van der Waals surface area (Å²) in [5.74, 6) is 2.65. The standard InChI is InChI=1S/C21H36N4O.HI/c1-6-24(7-2)15-19-11-12-25(16-19)21(22-5)23-14-18(4)26-20-10-8-9-17(3)13-20;/h8-10,13,18-19H,6-7,11-12,14-16H2,1-5H3,(H,22,23);1H. The van der Waals surface area contributed by atoms with Gasteiger partial charge in [-0.1, -0.05) is 26.0 Å². The fraction of sp³-hybridized carbons (Fsp3) is 0.667. The Morgan fingerprint density at radius 2 is 2.11 bits per heavy atom. The zero-order chi connectivity index (χ0) is 18.9. The summed E-state index contributed by atoms with van der Waals surface area (Å²) in [6.45, 7) is 15.0. The van der Waals surface area contributed by atoms with E-state index in [1.54, 1.807) is 0 Å². The van der Waals surface area contributed by atoms with Crippen LogP contribution in [0, 0.1) is 12.8 Å². The number of hydrogen-bond donors (Lipinski definition) is 1. The number of benzene rings is 1. The summed E-state index contributed by atoms with van der Waals surface area (Å²) >= 11 is 0. The van der Waals surface area contributed by atoms with E-state index in [9.17, 15) is 0 Å². The molecule has 1 fully saturated rings. The van der Waals surface area contributed by atoms with Crippen molar-refractivity contribution in [2.24, 2.45) is 10.9 Å². The van der Waals surface area contributed by atoms with Gasteiger partial charge in [0, 0.05) is 26.7 Å². The molecule has 2 rings (SSSR count). The van der Waals surface area contributed by atoms with Gasteiger partial charge >= 0.3 is 0 Å². The van der Waals surface area contributed by atoms with Gasteiger partial charge in [0.25, 0.3) is 0 Å². The summed E-state index contributed by atoms with van der Waals surface area (Å²) in [6.07, 6.45) is 1.33. The average molecular weight is 488 g/mol. The number of nitrogens with zero attached hydrogens (tertiary/aromatic N) is 3. The first kappa shape index (κ1) is 24.0. The summed E-state index contributed by atoms with van der Waals surface area (Å²) < 4.78 is 6.01. The van der Waals surface area contributed by atoms with Gasteiger partial charge in [-0.3, -0.25) is 4.99 Å². The van der Waals surface area contributed by atoms with Gasteiger partial charge in [0.1, 0.15) is 11.9 Å². The number of likely N-dealkylation sites (tertiary alicyclic amines) is 1. The highest BCUT2D eigenvalue weighted by Gasteiger charge is 2.26. The van der Waals surface area contributed by atoms with E-state index < -0.39 is 0 Å². The predicted octanol–water partition coefficient (Wildman–Crippen LogP) is 3.62. The summed E-state index contributed by atoms with van der Waals surface area (Å²) in [6, 6.07) is 8.20. The maximum atomic E-state index is 6.01. The minimum Gasteiger partial charge on any atom is -0.489 e. The molecule has 0 amide bonds. The Hall–Kier alpha value is -1.02. The molecule has 2 atom stereocenters. The van der Waals surface area contributed by atoms with E-state index in [4.69, 9.17) is 4.74 Å². The van der Waals surface area contributed by atoms with E-state index >= 15 is 0 Å². The smallest absolute Gasteiger partial charge is 0.193 e. The van der Waals surface area contributed by atoms with Gasteiger partial charge in [0.15, 0.2) is 5.96 Å². The van der Waals surface area contributed by atoms with Crippen molar-refractivity contribution in [1.82, 2.24) is 15.1 Å². The quantitative estimate of drug-likeness (QED) is 0.345. The lowest BCUT2D eigenvalue weighted by molar-refractivity contribution is 0.222. The van der Waals surface area contributed by atoms with Gasteiger partial charge in [-0.25, -0.2) is 0 Å². The molecule has 0 spiro atoms. The fourth-order valence-corrected chi connectivity index (χ4v) is 3.55. The number of nitrogens with one attached hydrogen (secondary N) is 1. The van der Waals surface area contributed by atoms with Crippen LogP contribution >= 0.6 is 24.0 Å². The minimum atomic E-state index is 0. The summed E-state index contributed by atoms with van der Waals surface area (Å²) in [7, 11) is 1.87. The van der Waals surface area contributed by atoms with Crippen molar-refractivity contribution >= 4 is 29.9 Å². The number of rotatable bonds is 8. The van der Waals surface area contributed by atoms with E-state index in [1.165, 1.54) is 18.5 Å². The SMILES string of the molecule is CCN(CC)CC1CCN(C(=NC)NCC(C)Oc2cccc(C)c2)C1.I. The third-order valence-corrected chi connectivity index (χ3v) is 5.08. The van der Waals surface area contributed by atoms with Crippen molar-refractivity contribution in [3.8, 4) is 5.75 Å². The molecule has 1 N–H and O–H groups in total. The Labute approximate surface area is 182 Å². The molecule has 2 unspecified atom stereocenters. The maximum absolute atomic E-state index is 6.01. The first-order valence-electron chi connectivity index (χ1n) is 9.96. The number of guanidine groups is 1. The lowest BCUT2D eigenvalue weighted by Crippen LogP contribution is -2.44. The van der Waals surface area contributed by atoms with Gasteiger partial charge in [0.05, 0.1) is 6.54 Å². The van der Waals surface area contributed by atoms with Gasteiger partial charge in [0.2, 0.25) is 0 Å². The third-order valence-electron chi connectivity index (χ3n) is 5.08. The Morgan fingerprint density at radius 1 is 1.37 bits per heavy atom. The van der Waals surface area contributed by atoms with Crippen molar-refractivity contribution in [2.45, 2.75) is 40.2 Å². The number of aryl methyl sites for hydroxylation is 1. The zero-order valence-corrected chi connectivity index (χ0v) is 19.9. The maximum Gasteiger partial charge on any atom is 0.193 e. The van der Waals surface area contributed by atoms with Crippen LogP contribution in [0.3, 0.4) is 0 Å². The molecule has 1 aliphatic heterocycles. The number of aliphatic imine (C=N–C) groups is 1. The molecule has 154 valence electrons. The molecule has 1 heterocycles. The van der Waals surface area contributed by atoms with Crippen molar-refractivity contribution in [2.75, 3.05) is 46.3 Å². The highest BCUT2D eigenvalue weighted by atomic mass is 127. The second-order valence-electron chi connectivity index (χ2n) is 7.26. The molecule has 0 aliphatic carbocycles. The van der Waals surface area contributed by atoms with Crippen molar-refractivity contribution in [1.29, 1.82) is 0 Å². The molecule has 0 bridgehead atoms. The van der Waals surface area contributed by atoms with E-state index in [0.717, 1.165) is 50.4 Å². The third kappa shape index (κ3) is 7.86. The Balaban J connectivity index is 0.00000364. The molecule has 1 aromatic carbocycles. The molecular formula is C21H37IN4O. The van der Waals surface area contributed by atoms with E-state index in [-0.39, 0.29) is 30.1 Å². The first-order chi connectivity index (χ1) is 12.5. The molecule has 0 saturated carbocycles. The number of halogens is 1. The van der Waals surface area contributed by atoms with Crippen LogP contribution in [0.5, 0.6) is 5.75 Å². The van der Waals surface area contributed by atoms with Crippen LogP contribution in [0.4, 0.5) is 0 Å². The lowest BCUT2D eigenvalue weighted by Gasteiger charge is -2.25. The largest absolute Gasteiger partial charge is 0.489 e. The second-order valence-corrected chi connectivity index (χ2v) is 7.26. The minimum absolute atomic E-state index is 0. The van der Waals surface area contributed by atoms with Crippen molar-refractivity contribution < 1.29 is 4.74 Å². The molecule has 1 aliphatic rings. The molecular weight excluding hydrogens is 451 g/mol. The number of hydrogen-bond acceptors (Lipinski definition) is 3. The van der Waals surface area contributed by atoms with Crippen LogP contribution < -0.4 is 10.1 Å². The molecule has 1 saturated heterocycles. The Kier molecular flexibility index (Phi) is 11.1. The van der Waals surface area contributed by atoms with E-state index in [2.05, 4.69) is 59.9 Å². The van der Waals surface area contributed by atoms with Crippen LogP contribution in [0.15, 0.2) is 29.3 Å². The van der Waals surface area contributed by atoms with Crippen LogP contribution in [0.2, 0.25) is 0 Å². The van der Waals surface area contributed by atoms with Gasteiger partial charge in [-0.2, -0.15) is 0 Å². The first-order valence-corrected chi connectivity index (χ1v) is 9.96. The molecule has 6 heteroatoms. The summed E-state index contributed by atoms with van der Waals surface area (Å²) in [5.41, 5.74) is 1.22. The zero-order valence-electron chi connectivity index (χ0n) is 17.6. The predicted molar refractivity (Wildman–Crippen MR) is 126 cm³/mol. The van der Waals surface area contributed by atoms with Gasteiger partial charge in [-0.15, -0.1) is 24.0 Å². The van der Waals surface area contributed by atoms with E-state index in [1.807, 2.05) is 19.2 Å². The number of ether oxygens (including phenoxy) is 1. The summed E-state index contributed by atoms with van der Waals surface area (Å²) in [5, 5.41) is 3.49. The van der Waals surface area contributed by atoms with Crippen LogP contribution in [-0.4, -0.2) is 68.2 Å².